The second-order valence-corrected chi connectivity index (χ2v) is 7.41. The Hall–Kier alpha value is -2.54. The lowest BCUT2D eigenvalue weighted by Crippen LogP contribution is -1.96. The molecule has 0 unspecified atom stereocenters. The van der Waals surface area contributed by atoms with Crippen LogP contribution in [0.5, 0.6) is 5.75 Å². The fraction of sp³-hybridized carbons (Fsp3) is 0. The maximum Gasteiger partial charge on any atom is 0.294 e. The fourth-order valence-electron chi connectivity index (χ4n) is 2.28. The van der Waals surface area contributed by atoms with Crippen LogP contribution in [0.25, 0.3) is 10.8 Å². The lowest BCUT2D eigenvalue weighted by atomic mass is 10.1. The molecule has 0 saturated heterocycles. The molecule has 3 rings (SSSR count). The first-order valence-corrected chi connectivity index (χ1v) is 9.46. The zero-order chi connectivity index (χ0) is 19.4. The van der Waals surface area contributed by atoms with Crippen molar-refractivity contribution in [2.24, 2.45) is 10.2 Å². The average molecular weight is 408 g/mol. The van der Waals surface area contributed by atoms with Crippen molar-refractivity contribution in [2.45, 2.75) is 9.79 Å². The molecule has 0 amide bonds. The van der Waals surface area contributed by atoms with Gasteiger partial charge in [-0.2, -0.15) is 13.5 Å². The molecule has 0 heterocycles. The smallest absolute Gasteiger partial charge is 0.294 e. The highest BCUT2D eigenvalue weighted by Gasteiger charge is 2.10. The number of hydrogen-bond donors (Lipinski definition) is 3. The molecule has 0 bridgehead atoms. The van der Waals surface area contributed by atoms with E-state index < -0.39 is 10.1 Å². The van der Waals surface area contributed by atoms with Crippen LogP contribution < -0.4 is 0 Å². The summed E-state index contributed by atoms with van der Waals surface area (Å²) in [4.78, 5) is 0.388. The number of benzene rings is 3. The molecule has 140 valence electrons. The zero-order valence-electron chi connectivity index (χ0n) is 13.4. The Morgan fingerprint density at radius 3 is 2.37 bits per heavy atom. The molecule has 0 atom stereocenters. The molecule has 0 saturated carbocycles. The van der Waals surface area contributed by atoms with Gasteiger partial charge in [0.2, 0.25) is 0 Å². The predicted molar refractivity (Wildman–Crippen MR) is 96.7 cm³/mol. The number of nitrogens with zero attached hydrogens (tertiary/aromatic N) is 2. The molecule has 0 fully saturated rings. The molecule has 9 nitrogen and oxygen atoms in total. The molecular formula is C16H12N2O7S2. The first-order chi connectivity index (χ1) is 12.9. The van der Waals surface area contributed by atoms with Gasteiger partial charge in [-0.25, -0.2) is 5.26 Å². The maximum absolute atomic E-state index is 11.0. The SMILES string of the molecule is O=S(=O)(O)c1ccc(N=Nc2c(O)ccc3cc(SOOO)ccc23)cc1. The van der Waals surface area contributed by atoms with Crippen molar-refractivity contribution in [1.82, 2.24) is 0 Å². The van der Waals surface area contributed by atoms with Gasteiger partial charge in [0.1, 0.15) is 11.4 Å². The normalized spacial score (nSPS) is 12.1. The molecule has 11 heteroatoms. The maximum atomic E-state index is 11.0. The van der Waals surface area contributed by atoms with Gasteiger partial charge in [0, 0.05) is 10.3 Å². The Labute approximate surface area is 157 Å². The van der Waals surface area contributed by atoms with Crippen molar-refractivity contribution in [3.05, 3.63) is 54.6 Å². The number of phenolic OH excluding ortho intramolecular Hbond substituents is 1. The lowest BCUT2D eigenvalue weighted by Gasteiger charge is -2.06. The number of rotatable bonds is 6. The summed E-state index contributed by atoms with van der Waals surface area (Å²) >= 11 is 0.801. The van der Waals surface area contributed by atoms with Crippen molar-refractivity contribution in [1.29, 1.82) is 0 Å². The van der Waals surface area contributed by atoms with Crippen LogP contribution in [0, 0.1) is 0 Å². The molecule has 0 spiro atoms. The van der Waals surface area contributed by atoms with Gasteiger partial charge in [0.25, 0.3) is 10.1 Å². The van der Waals surface area contributed by atoms with Crippen molar-refractivity contribution >= 4 is 44.3 Å². The fourth-order valence-corrected chi connectivity index (χ4v) is 3.17. The number of azo groups is 1. The summed E-state index contributed by atoms with van der Waals surface area (Å²) in [5.41, 5.74) is 0.557. The Morgan fingerprint density at radius 1 is 0.963 bits per heavy atom. The Bertz CT molecular complexity index is 1100. The van der Waals surface area contributed by atoms with Crippen LogP contribution in [-0.4, -0.2) is 23.3 Å². The Balaban J connectivity index is 1.93. The minimum absolute atomic E-state index is 0.0869. The van der Waals surface area contributed by atoms with E-state index in [2.05, 4.69) is 19.6 Å². The van der Waals surface area contributed by atoms with Gasteiger partial charge >= 0.3 is 0 Å². The first-order valence-electron chi connectivity index (χ1n) is 7.28. The van der Waals surface area contributed by atoms with E-state index in [0.29, 0.717) is 16.0 Å². The van der Waals surface area contributed by atoms with E-state index in [4.69, 9.17) is 9.81 Å². The van der Waals surface area contributed by atoms with E-state index in [0.717, 1.165) is 17.4 Å². The van der Waals surface area contributed by atoms with E-state index in [-0.39, 0.29) is 16.3 Å². The monoisotopic (exact) mass is 408 g/mol. The molecule has 3 N–H and O–H groups in total. The van der Waals surface area contributed by atoms with E-state index in [1.165, 1.54) is 30.3 Å². The summed E-state index contributed by atoms with van der Waals surface area (Å²) in [6, 6.07) is 13.4. The van der Waals surface area contributed by atoms with Crippen LogP contribution in [0.3, 0.4) is 0 Å². The topological polar surface area (TPSA) is 138 Å². The minimum atomic E-state index is -4.28. The molecule has 3 aromatic rings. The standard InChI is InChI=1S/C16H12N2O7S2/c19-15-8-1-10-9-12(26-25-24-20)4-7-14(10)16(15)18-17-11-2-5-13(6-3-11)27(21,22)23/h1-9,19-20H,(H,21,22,23). The molecule has 3 aromatic carbocycles. The van der Waals surface area contributed by atoms with Crippen molar-refractivity contribution in [3.63, 3.8) is 0 Å². The number of fused-ring (bicyclic) bond motifs is 1. The van der Waals surface area contributed by atoms with Gasteiger partial charge < -0.3 is 5.11 Å². The van der Waals surface area contributed by atoms with Crippen LogP contribution in [0.15, 0.2) is 74.6 Å². The van der Waals surface area contributed by atoms with Crippen LogP contribution in [0.2, 0.25) is 0 Å². The molecule has 0 radical (unpaired) electrons. The van der Waals surface area contributed by atoms with Gasteiger partial charge in [-0.3, -0.25) is 4.55 Å². The summed E-state index contributed by atoms with van der Waals surface area (Å²) in [5.74, 6) is -0.0869. The highest BCUT2D eigenvalue weighted by molar-refractivity contribution is 7.94. The van der Waals surface area contributed by atoms with E-state index in [1.807, 2.05) is 0 Å². The number of phenols is 1. The van der Waals surface area contributed by atoms with Crippen LogP contribution in [0.4, 0.5) is 11.4 Å². The van der Waals surface area contributed by atoms with E-state index in [9.17, 15) is 13.5 Å². The first kappa shape index (κ1) is 19.2. The summed E-state index contributed by atoms with van der Waals surface area (Å²) in [5, 5.41) is 31.2. The van der Waals surface area contributed by atoms with Crippen LogP contribution >= 0.6 is 12.0 Å². The molecule has 0 aliphatic rings. The Kier molecular flexibility index (Phi) is 5.70. The van der Waals surface area contributed by atoms with Crippen molar-refractivity contribution < 1.29 is 32.7 Å². The summed E-state index contributed by atoms with van der Waals surface area (Å²) < 4.78 is 35.4. The summed E-state index contributed by atoms with van der Waals surface area (Å²) in [7, 11) is -4.28. The number of hydrogen-bond acceptors (Lipinski definition) is 9. The average Bonchev–Trinajstić information content (AvgIpc) is 2.65. The second-order valence-electron chi connectivity index (χ2n) is 5.21. The Morgan fingerprint density at radius 2 is 1.70 bits per heavy atom. The largest absolute Gasteiger partial charge is 0.506 e. The van der Waals surface area contributed by atoms with Crippen molar-refractivity contribution in [2.75, 3.05) is 0 Å². The minimum Gasteiger partial charge on any atom is -0.506 e. The highest BCUT2D eigenvalue weighted by Crippen LogP contribution is 2.37. The zero-order valence-corrected chi connectivity index (χ0v) is 15.0. The third-order valence-corrected chi connectivity index (χ3v) is 4.95. The summed E-state index contributed by atoms with van der Waals surface area (Å²) in [6.45, 7) is 0. The van der Waals surface area contributed by atoms with Gasteiger partial charge in [-0.05, 0) is 47.9 Å². The van der Waals surface area contributed by atoms with E-state index >= 15 is 0 Å². The van der Waals surface area contributed by atoms with E-state index in [1.54, 1.807) is 24.3 Å². The van der Waals surface area contributed by atoms with Gasteiger partial charge in [-0.1, -0.05) is 17.2 Å². The van der Waals surface area contributed by atoms with Crippen LogP contribution in [-0.2, 0) is 19.5 Å². The van der Waals surface area contributed by atoms with Gasteiger partial charge in [-0.15, -0.1) is 9.45 Å². The molecule has 0 aliphatic heterocycles. The van der Waals surface area contributed by atoms with Gasteiger partial charge in [0.05, 0.1) is 22.6 Å². The third kappa shape index (κ3) is 4.60. The molecular weight excluding hydrogens is 396 g/mol. The summed E-state index contributed by atoms with van der Waals surface area (Å²) in [6.07, 6.45) is 0. The number of aromatic hydroxyl groups is 1. The molecule has 0 aliphatic carbocycles. The predicted octanol–water partition coefficient (Wildman–Crippen LogP) is 4.64. The van der Waals surface area contributed by atoms with Crippen LogP contribution in [0.1, 0.15) is 0 Å². The second kappa shape index (κ2) is 8.00. The molecule has 27 heavy (non-hydrogen) atoms. The quantitative estimate of drug-likeness (QED) is 0.176. The lowest BCUT2D eigenvalue weighted by molar-refractivity contribution is -0.432. The third-order valence-electron chi connectivity index (χ3n) is 3.50. The molecule has 0 aromatic heterocycles. The highest BCUT2D eigenvalue weighted by atomic mass is 32.2. The van der Waals surface area contributed by atoms with Gasteiger partial charge in [0.15, 0.2) is 0 Å². The van der Waals surface area contributed by atoms with Crippen molar-refractivity contribution in [3.8, 4) is 5.75 Å².